The molecule has 0 saturated heterocycles. The number of hydrogen-bond acceptors (Lipinski definition) is 0. The molecule has 0 amide bonds. The molecular formula is C10Br2F4. The third-order valence-corrected chi connectivity index (χ3v) is 2.00. The van der Waals surface area contributed by atoms with Crippen molar-refractivity contribution in [3.63, 3.8) is 0 Å². The van der Waals surface area contributed by atoms with Gasteiger partial charge in [0.05, 0.1) is 0 Å². The molecule has 0 fully saturated rings. The minimum absolute atomic E-state index is 0.874. The van der Waals surface area contributed by atoms with E-state index < -0.39 is 34.4 Å². The van der Waals surface area contributed by atoms with E-state index in [1.165, 1.54) is 0 Å². The average Bonchev–Trinajstić information content (AvgIpc) is 2.28. The van der Waals surface area contributed by atoms with Crippen molar-refractivity contribution in [1.29, 1.82) is 0 Å². The maximum absolute atomic E-state index is 13.5. The van der Waals surface area contributed by atoms with Crippen LogP contribution in [0, 0.1) is 44.8 Å². The Kier molecular flexibility index (Phi) is 4.40. The average molecular weight is 356 g/mol. The molecule has 0 aliphatic rings. The predicted molar refractivity (Wildman–Crippen MR) is 57.9 cm³/mol. The summed E-state index contributed by atoms with van der Waals surface area (Å²) in [5.74, 6) is -2.63. The summed E-state index contributed by atoms with van der Waals surface area (Å²) in [6.45, 7) is 0. The maximum Gasteiger partial charge on any atom is 0.197 e. The Balaban J connectivity index is 3.74. The minimum atomic E-state index is -1.81. The summed E-state index contributed by atoms with van der Waals surface area (Å²) in [5, 5.41) is 0. The molecule has 0 aliphatic heterocycles. The van der Waals surface area contributed by atoms with Gasteiger partial charge in [-0.1, -0.05) is 0 Å². The SMILES string of the molecule is Fc1c(F)c(C#CBr)c(F)c(C#CBr)c1F. The lowest BCUT2D eigenvalue weighted by molar-refractivity contribution is 0.430. The van der Waals surface area contributed by atoms with Crippen molar-refractivity contribution in [3.8, 4) is 21.5 Å². The zero-order chi connectivity index (χ0) is 12.3. The highest BCUT2D eigenvalue weighted by Gasteiger charge is 2.23. The molecule has 0 radical (unpaired) electrons. The Morgan fingerprint density at radius 3 is 1.31 bits per heavy atom. The predicted octanol–water partition coefficient (Wildman–Crippen LogP) is 3.65. The Labute approximate surface area is 105 Å². The molecule has 0 unspecified atom stereocenters. The van der Waals surface area contributed by atoms with Crippen LogP contribution in [0.2, 0.25) is 0 Å². The molecule has 0 aromatic heterocycles. The van der Waals surface area contributed by atoms with Gasteiger partial charge in [-0.05, 0) is 21.5 Å². The molecule has 0 nitrogen and oxygen atoms in total. The Morgan fingerprint density at radius 1 is 0.625 bits per heavy atom. The Hall–Kier alpha value is -0.980. The van der Waals surface area contributed by atoms with Gasteiger partial charge in [-0.25, -0.2) is 17.6 Å². The second kappa shape index (κ2) is 5.38. The smallest absolute Gasteiger partial charge is 0.197 e. The highest BCUT2D eigenvalue weighted by Crippen LogP contribution is 2.23. The lowest BCUT2D eigenvalue weighted by atomic mass is 10.1. The monoisotopic (exact) mass is 354 g/mol. The van der Waals surface area contributed by atoms with Crippen LogP contribution >= 0.6 is 31.9 Å². The molecule has 1 aromatic rings. The Bertz CT molecular complexity index is 511. The van der Waals surface area contributed by atoms with Gasteiger partial charge in [-0.3, -0.25) is 0 Å². The summed E-state index contributed by atoms with van der Waals surface area (Å²) >= 11 is 5.21. The van der Waals surface area contributed by atoms with Crippen LogP contribution in [0.1, 0.15) is 11.1 Å². The van der Waals surface area contributed by atoms with E-state index in [1.807, 2.05) is 21.5 Å². The summed E-state index contributed by atoms with van der Waals surface area (Å²) < 4.78 is 52.6. The van der Waals surface area contributed by atoms with Gasteiger partial charge in [0.15, 0.2) is 23.3 Å². The zero-order valence-electron chi connectivity index (χ0n) is 7.27. The standard InChI is InChI=1S/C10Br2F4/c11-3-1-5-7(13)6(2-4-12)9(15)10(16)8(5)14. The van der Waals surface area contributed by atoms with E-state index in [-0.39, 0.29) is 0 Å². The quantitative estimate of drug-likeness (QED) is 0.288. The maximum atomic E-state index is 13.5. The van der Waals surface area contributed by atoms with E-state index in [0.29, 0.717) is 0 Å². The molecule has 0 N–H and O–H groups in total. The van der Waals surface area contributed by atoms with E-state index in [2.05, 4.69) is 31.9 Å². The lowest BCUT2D eigenvalue weighted by Crippen LogP contribution is -2.04. The largest absolute Gasteiger partial charge is 0.204 e. The molecule has 1 aromatic carbocycles. The fourth-order valence-electron chi connectivity index (χ4n) is 0.948. The topological polar surface area (TPSA) is 0 Å². The Morgan fingerprint density at radius 2 is 1.00 bits per heavy atom. The molecule has 0 spiro atoms. The van der Waals surface area contributed by atoms with Gasteiger partial charge in [0.2, 0.25) is 0 Å². The van der Waals surface area contributed by atoms with Crippen LogP contribution in [0.5, 0.6) is 0 Å². The van der Waals surface area contributed by atoms with E-state index in [9.17, 15) is 17.6 Å². The second-order valence-corrected chi connectivity index (χ2v) is 3.24. The number of halogens is 6. The first kappa shape index (κ1) is 13.1. The van der Waals surface area contributed by atoms with E-state index in [0.717, 1.165) is 0 Å². The van der Waals surface area contributed by atoms with Crippen LogP contribution in [-0.4, -0.2) is 0 Å². The third kappa shape index (κ3) is 2.23. The normalized spacial score (nSPS) is 8.88. The van der Waals surface area contributed by atoms with Gasteiger partial charge in [-0.2, -0.15) is 0 Å². The van der Waals surface area contributed by atoms with Crippen molar-refractivity contribution >= 4 is 31.9 Å². The van der Waals surface area contributed by atoms with Crippen molar-refractivity contribution in [2.45, 2.75) is 0 Å². The van der Waals surface area contributed by atoms with Gasteiger partial charge in [0.1, 0.15) is 11.1 Å². The fourth-order valence-corrected chi connectivity index (χ4v) is 1.34. The van der Waals surface area contributed by atoms with Crippen molar-refractivity contribution in [1.82, 2.24) is 0 Å². The minimum Gasteiger partial charge on any atom is -0.204 e. The van der Waals surface area contributed by atoms with Crippen molar-refractivity contribution in [3.05, 3.63) is 34.4 Å². The second-order valence-electron chi connectivity index (χ2n) is 2.44. The van der Waals surface area contributed by atoms with Gasteiger partial charge in [0.25, 0.3) is 0 Å². The number of benzene rings is 1. The van der Waals surface area contributed by atoms with Crippen LogP contribution < -0.4 is 0 Å². The van der Waals surface area contributed by atoms with Crippen LogP contribution in [0.3, 0.4) is 0 Å². The van der Waals surface area contributed by atoms with Crippen LogP contribution in [0.15, 0.2) is 0 Å². The number of hydrogen-bond donors (Lipinski definition) is 0. The van der Waals surface area contributed by atoms with Crippen LogP contribution in [-0.2, 0) is 0 Å². The first-order valence-electron chi connectivity index (χ1n) is 3.63. The summed E-state index contributed by atoms with van der Waals surface area (Å²) in [4.78, 5) is 4.03. The van der Waals surface area contributed by atoms with Crippen molar-refractivity contribution in [2.24, 2.45) is 0 Å². The van der Waals surface area contributed by atoms with Gasteiger partial charge < -0.3 is 0 Å². The molecule has 16 heavy (non-hydrogen) atoms. The molecule has 0 saturated carbocycles. The third-order valence-electron chi connectivity index (χ3n) is 1.61. The molecule has 6 heteroatoms. The molecule has 0 aliphatic carbocycles. The van der Waals surface area contributed by atoms with Crippen molar-refractivity contribution in [2.75, 3.05) is 0 Å². The van der Waals surface area contributed by atoms with E-state index >= 15 is 0 Å². The molecular weight excluding hydrogens is 356 g/mol. The van der Waals surface area contributed by atoms with Crippen LogP contribution in [0.4, 0.5) is 17.6 Å². The van der Waals surface area contributed by atoms with Gasteiger partial charge in [-0.15, -0.1) is 0 Å². The highest BCUT2D eigenvalue weighted by molar-refractivity contribution is 9.12. The van der Waals surface area contributed by atoms with Gasteiger partial charge in [0, 0.05) is 31.9 Å². The van der Waals surface area contributed by atoms with Gasteiger partial charge >= 0.3 is 0 Å². The molecule has 0 bridgehead atoms. The van der Waals surface area contributed by atoms with E-state index in [4.69, 9.17) is 0 Å². The first-order chi connectivity index (χ1) is 7.54. The van der Waals surface area contributed by atoms with Crippen molar-refractivity contribution < 1.29 is 17.6 Å². The first-order valence-corrected chi connectivity index (χ1v) is 5.22. The fraction of sp³-hybridized carbons (Fsp3) is 0. The molecule has 82 valence electrons. The summed E-state index contributed by atoms with van der Waals surface area (Å²) in [6, 6.07) is 0. The molecule has 1 rings (SSSR count). The summed E-state index contributed by atoms with van der Waals surface area (Å²) in [6.07, 6.45) is 0. The zero-order valence-corrected chi connectivity index (χ0v) is 10.4. The molecule has 0 atom stereocenters. The van der Waals surface area contributed by atoms with E-state index in [1.54, 1.807) is 0 Å². The highest BCUT2D eigenvalue weighted by atomic mass is 79.9. The lowest BCUT2D eigenvalue weighted by Gasteiger charge is -2.03. The number of rotatable bonds is 0. The summed E-state index contributed by atoms with van der Waals surface area (Å²) in [5.41, 5.74) is -1.75. The van der Waals surface area contributed by atoms with Crippen LogP contribution in [0.25, 0.3) is 0 Å². The molecule has 0 heterocycles. The summed E-state index contributed by atoms with van der Waals surface area (Å²) in [7, 11) is 0.